The standard InChI is InChI=1S/C7H10N2O/c1-9-4-2-3-6(5-9)7(8)10/h2-3,5H,4H2,1H3,(H2,8,10)/p+1. The molecule has 3 N–H and O–H groups in total. The van der Waals surface area contributed by atoms with E-state index in [2.05, 4.69) is 0 Å². The summed E-state index contributed by atoms with van der Waals surface area (Å²) in [7, 11) is 1.98. The van der Waals surface area contributed by atoms with Crippen LogP contribution in [0.15, 0.2) is 23.9 Å². The lowest BCUT2D eigenvalue weighted by atomic mass is 10.2. The summed E-state index contributed by atoms with van der Waals surface area (Å²) in [6.07, 6.45) is 5.52. The fourth-order valence-electron chi connectivity index (χ4n) is 0.898. The average Bonchev–Trinajstić information content (AvgIpc) is 1.88. The van der Waals surface area contributed by atoms with E-state index in [4.69, 9.17) is 5.73 Å². The normalized spacial score (nSPS) is 24.1. The molecule has 1 rings (SSSR count). The van der Waals surface area contributed by atoms with Gasteiger partial charge in [0.1, 0.15) is 12.7 Å². The van der Waals surface area contributed by atoms with Crippen molar-refractivity contribution in [2.45, 2.75) is 0 Å². The van der Waals surface area contributed by atoms with Crippen LogP contribution >= 0.6 is 0 Å². The first-order valence-electron chi connectivity index (χ1n) is 3.20. The summed E-state index contributed by atoms with van der Waals surface area (Å²) in [5, 5.41) is 0. The van der Waals surface area contributed by atoms with Gasteiger partial charge in [0.05, 0.1) is 12.6 Å². The van der Waals surface area contributed by atoms with Crippen LogP contribution in [0.5, 0.6) is 0 Å². The van der Waals surface area contributed by atoms with Crippen molar-refractivity contribution in [3.63, 3.8) is 0 Å². The summed E-state index contributed by atoms with van der Waals surface area (Å²) in [5.41, 5.74) is 5.66. The minimum Gasteiger partial charge on any atom is -0.365 e. The highest BCUT2D eigenvalue weighted by molar-refractivity contribution is 5.94. The van der Waals surface area contributed by atoms with Crippen molar-refractivity contribution in [1.82, 2.24) is 0 Å². The molecule has 1 unspecified atom stereocenters. The van der Waals surface area contributed by atoms with E-state index in [0.717, 1.165) is 6.54 Å². The van der Waals surface area contributed by atoms with Crippen LogP contribution in [0.4, 0.5) is 0 Å². The number of carbonyl (C=O) groups is 1. The van der Waals surface area contributed by atoms with Gasteiger partial charge >= 0.3 is 0 Å². The number of carbonyl (C=O) groups excluding carboxylic acids is 1. The number of amides is 1. The summed E-state index contributed by atoms with van der Waals surface area (Å²) in [6.45, 7) is 0.927. The molecule has 3 nitrogen and oxygen atoms in total. The Kier molecular flexibility index (Phi) is 1.87. The quantitative estimate of drug-likeness (QED) is 0.453. The summed E-state index contributed by atoms with van der Waals surface area (Å²) >= 11 is 0. The lowest BCUT2D eigenvalue weighted by Gasteiger charge is -2.09. The third kappa shape index (κ3) is 1.45. The number of hydrogen-bond acceptors (Lipinski definition) is 1. The zero-order valence-electron chi connectivity index (χ0n) is 5.92. The second kappa shape index (κ2) is 2.66. The monoisotopic (exact) mass is 139 g/mol. The van der Waals surface area contributed by atoms with E-state index >= 15 is 0 Å². The molecule has 0 saturated carbocycles. The molecule has 0 spiro atoms. The highest BCUT2D eigenvalue weighted by Crippen LogP contribution is 1.93. The van der Waals surface area contributed by atoms with Crippen LogP contribution in [-0.2, 0) is 4.79 Å². The lowest BCUT2D eigenvalue weighted by Crippen LogP contribution is -3.04. The van der Waals surface area contributed by atoms with Crippen molar-refractivity contribution in [3.8, 4) is 0 Å². The Morgan fingerprint density at radius 3 is 2.90 bits per heavy atom. The highest BCUT2D eigenvalue weighted by atomic mass is 16.1. The minimum atomic E-state index is -0.352. The number of nitrogens with two attached hydrogens (primary N) is 1. The van der Waals surface area contributed by atoms with E-state index in [1.807, 2.05) is 19.3 Å². The van der Waals surface area contributed by atoms with E-state index in [-0.39, 0.29) is 5.91 Å². The maximum Gasteiger partial charge on any atom is 0.254 e. The number of hydrogen-bond donors (Lipinski definition) is 2. The summed E-state index contributed by atoms with van der Waals surface area (Å²) in [5.74, 6) is -0.352. The van der Waals surface area contributed by atoms with Gasteiger partial charge in [-0.2, -0.15) is 0 Å². The van der Waals surface area contributed by atoms with Crippen molar-refractivity contribution in [2.75, 3.05) is 13.6 Å². The molecule has 0 aromatic carbocycles. The molecule has 1 aliphatic heterocycles. The SMILES string of the molecule is C[NH+]1C=C(C(N)=O)C=CC1. The first-order chi connectivity index (χ1) is 4.70. The Labute approximate surface area is 59.8 Å². The van der Waals surface area contributed by atoms with Crippen LogP contribution in [-0.4, -0.2) is 19.5 Å². The highest BCUT2D eigenvalue weighted by Gasteiger charge is 2.08. The van der Waals surface area contributed by atoms with Crippen molar-refractivity contribution < 1.29 is 9.69 Å². The first-order valence-corrected chi connectivity index (χ1v) is 3.20. The number of quaternary nitrogens is 1. The van der Waals surface area contributed by atoms with Gasteiger partial charge < -0.3 is 10.6 Å². The molecule has 54 valence electrons. The fourth-order valence-corrected chi connectivity index (χ4v) is 0.898. The van der Waals surface area contributed by atoms with Crippen LogP contribution in [0.3, 0.4) is 0 Å². The zero-order chi connectivity index (χ0) is 7.56. The largest absolute Gasteiger partial charge is 0.365 e. The van der Waals surface area contributed by atoms with Gasteiger partial charge in [0, 0.05) is 0 Å². The van der Waals surface area contributed by atoms with Gasteiger partial charge in [-0.05, 0) is 12.2 Å². The Balaban J connectivity index is 2.76. The Hall–Kier alpha value is -1.09. The molecule has 0 fully saturated rings. The van der Waals surface area contributed by atoms with Crippen molar-refractivity contribution in [3.05, 3.63) is 23.9 Å². The second-order valence-corrected chi connectivity index (χ2v) is 2.42. The van der Waals surface area contributed by atoms with Crippen molar-refractivity contribution in [1.29, 1.82) is 0 Å². The fraction of sp³-hybridized carbons (Fsp3) is 0.286. The lowest BCUT2D eigenvalue weighted by molar-refractivity contribution is -0.818. The van der Waals surface area contributed by atoms with Gasteiger partial charge in [-0.15, -0.1) is 0 Å². The van der Waals surface area contributed by atoms with E-state index in [9.17, 15) is 4.79 Å². The molecular formula is C7H11N2O+. The molecule has 0 aliphatic carbocycles. The predicted molar refractivity (Wildman–Crippen MR) is 38.2 cm³/mol. The molecule has 1 atom stereocenters. The molecule has 1 aliphatic rings. The summed E-state index contributed by atoms with van der Waals surface area (Å²) < 4.78 is 0. The van der Waals surface area contributed by atoms with Gasteiger partial charge in [0.2, 0.25) is 0 Å². The first kappa shape index (κ1) is 7.02. The molecule has 1 amide bonds. The molecule has 0 aromatic rings. The maximum atomic E-state index is 10.6. The predicted octanol–water partition coefficient (Wildman–Crippen LogP) is -1.56. The van der Waals surface area contributed by atoms with Gasteiger partial charge in [0.15, 0.2) is 0 Å². The van der Waals surface area contributed by atoms with E-state index < -0.39 is 0 Å². The van der Waals surface area contributed by atoms with Gasteiger partial charge in [-0.25, -0.2) is 0 Å². The number of nitrogens with one attached hydrogen (secondary N) is 1. The smallest absolute Gasteiger partial charge is 0.254 e. The van der Waals surface area contributed by atoms with Crippen LogP contribution < -0.4 is 10.6 Å². The number of rotatable bonds is 1. The average molecular weight is 139 g/mol. The number of likely N-dealkylation sites (N-methyl/N-ethyl adjacent to an activating group) is 1. The molecule has 0 bridgehead atoms. The second-order valence-electron chi connectivity index (χ2n) is 2.42. The van der Waals surface area contributed by atoms with Crippen LogP contribution in [0.1, 0.15) is 0 Å². The topological polar surface area (TPSA) is 47.5 Å². The molecule has 0 radical (unpaired) electrons. The van der Waals surface area contributed by atoms with E-state index in [1.165, 1.54) is 4.90 Å². The molecule has 0 aromatic heterocycles. The van der Waals surface area contributed by atoms with Crippen LogP contribution in [0.2, 0.25) is 0 Å². The van der Waals surface area contributed by atoms with Crippen molar-refractivity contribution in [2.24, 2.45) is 5.73 Å². The summed E-state index contributed by atoms with van der Waals surface area (Å²) in [4.78, 5) is 11.8. The van der Waals surface area contributed by atoms with Crippen molar-refractivity contribution >= 4 is 5.91 Å². The van der Waals surface area contributed by atoms with Gasteiger partial charge in [-0.1, -0.05) is 0 Å². The Morgan fingerprint density at radius 1 is 1.80 bits per heavy atom. The minimum absolute atomic E-state index is 0.352. The summed E-state index contributed by atoms with van der Waals surface area (Å²) in [6, 6.07) is 0. The Morgan fingerprint density at radius 2 is 2.50 bits per heavy atom. The molecule has 3 heteroatoms. The van der Waals surface area contributed by atoms with Crippen LogP contribution in [0.25, 0.3) is 0 Å². The van der Waals surface area contributed by atoms with E-state index in [1.54, 1.807) is 6.08 Å². The van der Waals surface area contributed by atoms with Gasteiger partial charge in [-0.3, -0.25) is 4.79 Å². The molecule has 1 heterocycles. The zero-order valence-corrected chi connectivity index (χ0v) is 5.92. The third-order valence-electron chi connectivity index (χ3n) is 1.42. The molecular weight excluding hydrogens is 128 g/mol. The van der Waals surface area contributed by atoms with Crippen LogP contribution in [0, 0.1) is 0 Å². The third-order valence-corrected chi connectivity index (χ3v) is 1.42. The Bertz CT molecular complexity index is 206. The molecule has 0 saturated heterocycles. The number of primary amides is 1. The molecule has 10 heavy (non-hydrogen) atoms. The maximum absolute atomic E-state index is 10.6. The van der Waals surface area contributed by atoms with E-state index in [0.29, 0.717) is 5.57 Å². The van der Waals surface area contributed by atoms with Gasteiger partial charge in [0.25, 0.3) is 5.91 Å².